The minimum Gasteiger partial charge on any atom is -0.393 e. The van der Waals surface area contributed by atoms with Crippen LogP contribution in [0.2, 0.25) is 0 Å². The Morgan fingerprint density at radius 1 is 1.30 bits per heavy atom. The molecule has 0 saturated carbocycles. The van der Waals surface area contributed by atoms with E-state index in [0.29, 0.717) is 17.8 Å². The molecule has 0 spiro atoms. The van der Waals surface area contributed by atoms with Crippen molar-refractivity contribution in [3.05, 3.63) is 23.8 Å². The molecule has 0 bridgehead atoms. The summed E-state index contributed by atoms with van der Waals surface area (Å²) in [5.74, 6) is -0.289. The number of carbonyl (C=O) groups excluding carboxylic acids is 1. The van der Waals surface area contributed by atoms with Crippen molar-refractivity contribution in [1.29, 1.82) is 0 Å². The van der Waals surface area contributed by atoms with E-state index in [2.05, 4.69) is 17.0 Å². The predicted molar refractivity (Wildman–Crippen MR) is 93.0 cm³/mol. The fourth-order valence-electron chi connectivity index (χ4n) is 2.17. The van der Waals surface area contributed by atoms with Gasteiger partial charge < -0.3 is 10.4 Å². The monoisotopic (exact) mass is 342 g/mol. The number of hydrogen-bond donors (Lipinski definition) is 3. The number of rotatable bonds is 9. The van der Waals surface area contributed by atoms with Gasteiger partial charge in [-0.25, -0.2) is 8.42 Å². The molecule has 0 saturated heterocycles. The summed E-state index contributed by atoms with van der Waals surface area (Å²) in [6.07, 6.45) is 4.07. The largest absolute Gasteiger partial charge is 0.393 e. The lowest BCUT2D eigenvalue weighted by Gasteiger charge is -2.13. The smallest absolute Gasteiger partial charge is 0.229 e. The van der Waals surface area contributed by atoms with Crippen molar-refractivity contribution in [1.82, 2.24) is 0 Å². The van der Waals surface area contributed by atoms with Crippen LogP contribution in [-0.4, -0.2) is 31.8 Å². The SMILES string of the molecule is CCCCC[C@@H](O)CC(=O)Nc1ccc(C)c(NS(C)(=O)=O)c1. The minimum absolute atomic E-state index is 0.0342. The normalized spacial score (nSPS) is 12.7. The van der Waals surface area contributed by atoms with Gasteiger partial charge in [0.05, 0.1) is 24.5 Å². The molecule has 1 aromatic carbocycles. The van der Waals surface area contributed by atoms with Gasteiger partial charge in [0.1, 0.15) is 0 Å². The van der Waals surface area contributed by atoms with Gasteiger partial charge in [-0.2, -0.15) is 0 Å². The maximum atomic E-state index is 11.9. The van der Waals surface area contributed by atoms with E-state index in [1.54, 1.807) is 25.1 Å². The van der Waals surface area contributed by atoms with Crippen LogP contribution in [0.5, 0.6) is 0 Å². The van der Waals surface area contributed by atoms with Gasteiger partial charge in [0.25, 0.3) is 0 Å². The number of aliphatic hydroxyl groups excluding tert-OH is 1. The maximum absolute atomic E-state index is 11.9. The van der Waals surface area contributed by atoms with E-state index >= 15 is 0 Å². The molecule has 1 amide bonds. The number of nitrogens with one attached hydrogen (secondary N) is 2. The molecule has 0 aliphatic rings. The number of amides is 1. The number of hydrogen-bond acceptors (Lipinski definition) is 4. The molecule has 0 aliphatic heterocycles. The van der Waals surface area contributed by atoms with E-state index in [1.807, 2.05) is 0 Å². The van der Waals surface area contributed by atoms with Crippen molar-refractivity contribution in [2.75, 3.05) is 16.3 Å². The first-order chi connectivity index (χ1) is 10.7. The highest BCUT2D eigenvalue weighted by atomic mass is 32.2. The number of benzene rings is 1. The van der Waals surface area contributed by atoms with Gasteiger partial charge in [0, 0.05) is 5.69 Å². The Hall–Kier alpha value is -1.60. The predicted octanol–water partition coefficient (Wildman–Crippen LogP) is 2.64. The van der Waals surface area contributed by atoms with Crippen LogP contribution < -0.4 is 10.0 Å². The second-order valence-electron chi connectivity index (χ2n) is 5.81. The lowest BCUT2D eigenvalue weighted by atomic mass is 10.1. The number of aryl methyl sites for hydroxylation is 1. The zero-order valence-electron chi connectivity index (χ0n) is 13.9. The molecular formula is C16H26N2O4S. The van der Waals surface area contributed by atoms with Crippen molar-refractivity contribution in [3.63, 3.8) is 0 Å². The van der Waals surface area contributed by atoms with Crippen LogP contribution in [0.3, 0.4) is 0 Å². The van der Waals surface area contributed by atoms with Gasteiger partial charge in [-0.1, -0.05) is 32.3 Å². The van der Waals surface area contributed by atoms with Crippen molar-refractivity contribution in [2.45, 2.75) is 52.1 Å². The standard InChI is InChI=1S/C16H26N2O4S/c1-4-5-6-7-14(19)11-16(20)17-13-9-8-12(2)15(10-13)18-23(3,21)22/h8-10,14,18-19H,4-7,11H2,1-3H3,(H,17,20)/t14-/m1/s1. The lowest BCUT2D eigenvalue weighted by Crippen LogP contribution is -2.20. The highest BCUT2D eigenvalue weighted by Gasteiger charge is 2.12. The lowest BCUT2D eigenvalue weighted by molar-refractivity contribution is -0.118. The van der Waals surface area contributed by atoms with E-state index in [0.717, 1.165) is 31.1 Å². The third-order valence-electron chi connectivity index (χ3n) is 3.38. The Labute approximate surface area is 138 Å². The fourth-order valence-corrected chi connectivity index (χ4v) is 2.79. The van der Waals surface area contributed by atoms with Gasteiger partial charge in [0.15, 0.2) is 0 Å². The van der Waals surface area contributed by atoms with E-state index in [1.165, 1.54) is 0 Å². The average Bonchev–Trinajstić information content (AvgIpc) is 2.41. The Kier molecular flexibility index (Phi) is 7.51. The molecule has 0 fully saturated rings. The molecule has 1 atom stereocenters. The number of anilines is 2. The summed E-state index contributed by atoms with van der Waals surface area (Å²) in [6, 6.07) is 4.99. The van der Waals surface area contributed by atoms with Crippen molar-refractivity contribution >= 4 is 27.3 Å². The summed E-state index contributed by atoms with van der Waals surface area (Å²) in [5, 5.41) is 12.5. The third-order valence-corrected chi connectivity index (χ3v) is 3.97. The van der Waals surface area contributed by atoms with Crippen LogP contribution >= 0.6 is 0 Å². The molecule has 1 rings (SSSR count). The molecule has 7 heteroatoms. The average molecular weight is 342 g/mol. The van der Waals surface area contributed by atoms with Crippen molar-refractivity contribution in [3.8, 4) is 0 Å². The molecule has 0 heterocycles. The summed E-state index contributed by atoms with van der Waals surface area (Å²) in [4.78, 5) is 11.9. The first-order valence-corrected chi connectivity index (χ1v) is 9.66. The molecule has 0 aliphatic carbocycles. The highest BCUT2D eigenvalue weighted by Crippen LogP contribution is 2.21. The third kappa shape index (κ3) is 7.99. The molecule has 3 N–H and O–H groups in total. The van der Waals surface area contributed by atoms with Gasteiger partial charge >= 0.3 is 0 Å². The zero-order valence-corrected chi connectivity index (χ0v) is 14.7. The van der Waals surface area contributed by atoms with Crippen LogP contribution in [0.4, 0.5) is 11.4 Å². The Morgan fingerprint density at radius 3 is 2.61 bits per heavy atom. The van der Waals surface area contributed by atoms with Crippen LogP contribution in [0.15, 0.2) is 18.2 Å². The van der Waals surface area contributed by atoms with E-state index < -0.39 is 16.1 Å². The zero-order chi connectivity index (χ0) is 17.5. The molecule has 0 aromatic heterocycles. The van der Waals surface area contributed by atoms with E-state index in [9.17, 15) is 18.3 Å². The maximum Gasteiger partial charge on any atom is 0.229 e. The van der Waals surface area contributed by atoms with Gasteiger partial charge in [-0.15, -0.1) is 0 Å². The first-order valence-electron chi connectivity index (χ1n) is 7.77. The second-order valence-corrected chi connectivity index (χ2v) is 7.55. The number of sulfonamides is 1. The summed E-state index contributed by atoms with van der Waals surface area (Å²) in [6.45, 7) is 3.86. The first kappa shape index (κ1) is 19.4. The van der Waals surface area contributed by atoms with Crippen LogP contribution in [0, 0.1) is 6.92 Å². The van der Waals surface area contributed by atoms with Gasteiger partial charge in [-0.05, 0) is 31.0 Å². The van der Waals surface area contributed by atoms with Gasteiger partial charge in [-0.3, -0.25) is 9.52 Å². The number of unbranched alkanes of at least 4 members (excludes halogenated alkanes) is 2. The number of aliphatic hydroxyl groups is 1. The molecule has 1 aromatic rings. The van der Waals surface area contributed by atoms with Crippen LogP contribution in [0.25, 0.3) is 0 Å². The van der Waals surface area contributed by atoms with E-state index in [4.69, 9.17) is 0 Å². The summed E-state index contributed by atoms with van der Waals surface area (Å²) in [5.41, 5.74) is 1.68. The molecule has 6 nitrogen and oxygen atoms in total. The second kappa shape index (κ2) is 8.88. The quantitative estimate of drug-likeness (QED) is 0.601. The van der Waals surface area contributed by atoms with Crippen molar-refractivity contribution < 1.29 is 18.3 Å². The molecule has 0 unspecified atom stereocenters. The van der Waals surface area contributed by atoms with Crippen LogP contribution in [0.1, 0.15) is 44.6 Å². The summed E-state index contributed by atoms with van der Waals surface area (Å²) < 4.78 is 25.1. The molecular weight excluding hydrogens is 316 g/mol. The Balaban J connectivity index is 2.63. The Morgan fingerprint density at radius 2 is 2.00 bits per heavy atom. The molecule has 23 heavy (non-hydrogen) atoms. The van der Waals surface area contributed by atoms with Gasteiger partial charge in [0.2, 0.25) is 15.9 Å². The molecule has 0 radical (unpaired) electrons. The fraction of sp³-hybridized carbons (Fsp3) is 0.562. The minimum atomic E-state index is -3.38. The van der Waals surface area contributed by atoms with Crippen molar-refractivity contribution in [2.24, 2.45) is 0 Å². The Bertz CT molecular complexity index is 629. The van der Waals surface area contributed by atoms with Crippen LogP contribution in [-0.2, 0) is 14.8 Å². The summed E-state index contributed by atoms with van der Waals surface area (Å²) >= 11 is 0. The topological polar surface area (TPSA) is 95.5 Å². The highest BCUT2D eigenvalue weighted by molar-refractivity contribution is 7.92. The number of carbonyl (C=O) groups is 1. The molecule has 130 valence electrons. The summed E-state index contributed by atoms with van der Waals surface area (Å²) in [7, 11) is -3.38. The van der Waals surface area contributed by atoms with E-state index in [-0.39, 0.29) is 12.3 Å².